The molecular formula is C20H18N4O3S. The summed E-state index contributed by atoms with van der Waals surface area (Å²) in [5.41, 5.74) is 1.42. The van der Waals surface area contributed by atoms with Gasteiger partial charge < -0.3 is 14.3 Å². The standard InChI is InChI=1S/C20H18N4O3S/c1-24(12-16-22-14-9-10-28-19(14)20(26)23-16)18(25)8-7-17-21-11-15(27-17)13-5-3-2-4-6-13/h2-6,9-11H,7-8,12H2,1H3,(H,22,23,26). The second kappa shape index (κ2) is 7.77. The van der Waals surface area contributed by atoms with Crippen LogP contribution in [0.2, 0.25) is 0 Å². The van der Waals surface area contributed by atoms with Crippen molar-refractivity contribution in [2.45, 2.75) is 19.4 Å². The topological polar surface area (TPSA) is 92.1 Å². The lowest BCUT2D eigenvalue weighted by atomic mass is 10.2. The van der Waals surface area contributed by atoms with Crippen LogP contribution in [0.3, 0.4) is 0 Å². The number of thiophene rings is 1. The van der Waals surface area contributed by atoms with Crippen molar-refractivity contribution in [2.24, 2.45) is 0 Å². The van der Waals surface area contributed by atoms with E-state index in [0.717, 1.165) is 5.56 Å². The van der Waals surface area contributed by atoms with Crippen molar-refractivity contribution < 1.29 is 9.21 Å². The molecule has 0 aliphatic rings. The number of H-pyrrole nitrogens is 1. The van der Waals surface area contributed by atoms with Crippen LogP contribution in [-0.4, -0.2) is 32.8 Å². The molecule has 0 aliphatic carbocycles. The first-order chi connectivity index (χ1) is 13.6. The first-order valence-corrected chi connectivity index (χ1v) is 9.68. The van der Waals surface area contributed by atoms with Crippen LogP contribution in [0, 0.1) is 0 Å². The van der Waals surface area contributed by atoms with E-state index in [1.54, 1.807) is 19.3 Å². The number of benzene rings is 1. The van der Waals surface area contributed by atoms with Gasteiger partial charge in [-0.1, -0.05) is 30.3 Å². The summed E-state index contributed by atoms with van der Waals surface area (Å²) in [5.74, 6) is 1.59. The first kappa shape index (κ1) is 18.1. The third-order valence-corrected chi connectivity index (χ3v) is 5.24. The molecule has 0 radical (unpaired) electrons. The van der Waals surface area contributed by atoms with Crippen LogP contribution in [0.1, 0.15) is 18.1 Å². The predicted octanol–water partition coefficient (Wildman–Crippen LogP) is 3.23. The summed E-state index contributed by atoms with van der Waals surface area (Å²) in [7, 11) is 1.69. The zero-order chi connectivity index (χ0) is 19.5. The molecule has 0 saturated heterocycles. The molecular weight excluding hydrogens is 376 g/mol. The molecule has 4 rings (SSSR count). The maximum absolute atomic E-state index is 12.4. The Hall–Kier alpha value is -3.26. The number of aromatic amines is 1. The Morgan fingerprint density at radius 1 is 1.25 bits per heavy atom. The number of carbonyl (C=O) groups excluding carboxylic acids is 1. The molecule has 0 fully saturated rings. The Labute approximate surface area is 164 Å². The number of nitrogens with zero attached hydrogens (tertiary/aromatic N) is 3. The number of amides is 1. The van der Waals surface area contributed by atoms with Gasteiger partial charge in [-0.3, -0.25) is 9.59 Å². The van der Waals surface area contributed by atoms with Crippen molar-refractivity contribution in [1.29, 1.82) is 0 Å². The maximum atomic E-state index is 12.4. The normalized spacial score (nSPS) is 11.0. The number of fused-ring (bicyclic) bond motifs is 1. The third-order valence-electron chi connectivity index (χ3n) is 4.34. The second-order valence-corrected chi connectivity index (χ2v) is 7.30. The average molecular weight is 394 g/mol. The Morgan fingerprint density at radius 2 is 2.07 bits per heavy atom. The summed E-state index contributed by atoms with van der Waals surface area (Å²) in [6.07, 6.45) is 2.34. The fourth-order valence-corrected chi connectivity index (χ4v) is 3.60. The Morgan fingerprint density at radius 3 is 2.89 bits per heavy atom. The largest absolute Gasteiger partial charge is 0.441 e. The Kier molecular flexibility index (Phi) is 5.03. The van der Waals surface area contributed by atoms with Gasteiger partial charge in [0.2, 0.25) is 5.91 Å². The molecule has 142 valence electrons. The number of hydrogen-bond donors (Lipinski definition) is 1. The molecule has 1 N–H and O–H groups in total. The molecule has 0 bridgehead atoms. The fraction of sp³-hybridized carbons (Fsp3) is 0.200. The Bertz CT molecular complexity index is 1160. The van der Waals surface area contributed by atoms with Gasteiger partial charge in [-0.25, -0.2) is 9.97 Å². The van der Waals surface area contributed by atoms with E-state index >= 15 is 0 Å². The summed E-state index contributed by atoms with van der Waals surface area (Å²) in [5, 5.41) is 1.83. The van der Waals surface area contributed by atoms with Crippen molar-refractivity contribution in [3.8, 4) is 11.3 Å². The van der Waals surface area contributed by atoms with E-state index in [4.69, 9.17) is 4.42 Å². The zero-order valence-corrected chi connectivity index (χ0v) is 16.0. The number of aryl methyl sites for hydroxylation is 1. The molecule has 0 saturated carbocycles. The van der Waals surface area contributed by atoms with Gasteiger partial charge in [-0.05, 0) is 11.4 Å². The molecule has 0 unspecified atom stereocenters. The van der Waals surface area contributed by atoms with Crippen LogP contribution in [0.25, 0.3) is 21.5 Å². The molecule has 8 heteroatoms. The summed E-state index contributed by atoms with van der Waals surface area (Å²) in [6, 6.07) is 11.5. The molecule has 0 spiro atoms. The first-order valence-electron chi connectivity index (χ1n) is 8.80. The van der Waals surface area contributed by atoms with Gasteiger partial charge in [0.05, 0.1) is 18.3 Å². The Balaban J connectivity index is 1.37. The van der Waals surface area contributed by atoms with E-state index in [2.05, 4.69) is 15.0 Å². The lowest BCUT2D eigenvalue weighted by Gasteiger charge is -2.16. The monoisotopic (exact) mass is 394 g/mol. The van der Waals surface area contributed by atoms with Gasteiger partial charge in [0.1, 0.15) is 10.5 Å². The highest BCUT2D eigenvalue weighted by atomic mass is 32.1. The molecule has 3 heterocycles. The lowest BCUT2D eigenvalue weighted by Crippen LogP contribution is -2.28. The van der Waals surface area contributed by atoms with Crippen molar-refractivity contribution >= 4 is 27.5 Å². The summed E-state index contributed by atoms with van der Waals surface area (Å²) in [6.45, 7) is 0.237. The number of oxazole rings is 1. The average Bonchev–Trinajstić information content (AvgIpc) is 3.36. The predicted molar refractivity (Wildman–Crippen MR) is 107 cm³/mol. The number of carbonyl (C=O) groups is 1. The zero-order valence-electron chi connectivity index (χ0n) is 15.2. The van der Waals surface area contributed by atoms with E-state index in [1.807, 2.05) is 35.7 Å². The maximum Gasteiger partial charge on any atom is 0.268 e. The fourth-order valence-electron chi connectivity index (χ4n) is 2.88. The molecule has 4 aromatic rings. The lowest BCUT2D eigenvalue weighted by molar-refractivity contribution is -0.130. The second-order valence-electron chi connectivity index (χ2n) is 6.38. The highest BCUT2D eigenvalue weighted by Gasteiger charge is 2.14. The minimum atomic E-state index is -0.177. The van der Waals surface area contributed by atoms with Gasteiger partial charge in [0, 0.05) is 25.5 Å². The van der Waals surface area contributed by atoms with E-state index in [9.17, 15) is 9.59 Å². The van der Waals surface area contributed by atoms with Gasteiger partial charge in [0.15, 0.2) is 11.7 Å². The van der Waals surface area contributed by atoms with E-state index in [0.29, 0.717) is 34.1 Å². The number of nitrogens with one attached hydrogen (secondary N) is 1. The van der Waals surface area contributed by atoms with Gasteiger partial charge >= 0.3 is 0 Å². The quantitative estimate of drug-likeness (QED) is 0.542. The van der Waals surface area contributed by atoms with Crippen LogP contribution in [0.15, 0.2) is 57.2 Å². The highest BCUT2D eigenvalue weighted by molar-refractivity contribution is 7.17. The van der Waals surface area contributed by atoms with Crippen LogP contribution in [0.4, 0.5) is 0 Å². The van der Waals surface area contributed by atoms with Crippen LogP contribution in [0.5, 0.6) is 0 Å². The number of rotatable bonds is 6. The highest BCUT2D eigenvalue weighted by Crippen LogP contribution is 2.20. The molecule has 1 amide bonds. The molecule has 7 nitrogen and oxygen atoms in total. The molecule has 28 heavy (non-hydrogen) atoms. The minimum absolute atomic E-state index is 0.0764. The van der Waals surface area contributed by atoms with Gasteiger partial charge in [0.25, 0.3) is 5.56 Å². The minimum Gasteiger partial charge on any atom is -0.441 e. The number of aromatic nitrogens is 3. The third kappa shape index (κ3) is 3.86. The smallest absolute Gasteiger partial charge is 0.268 e. The number of hydrogen-bond acceptors (Lipinski definition) is 6. The molecule has 0 atom stereocenters. The van der Waals surface area contributed by atoms with E-state index < -0.39 is 0 Å². The molecule has 0 aliphatic heterocycles. The van der Waals surface area contributed by atoms with Crippen molar-refractivity contribution in [3.63, 3.8) is 0 Å². The van der Waals surface area contributed by atoms with Crippen molar-refractivity contribution in [3.05, 3.63) is 70.0 Å². The van der Waals surface area contributed by atoms with E-state index in [-0.39, 0.29) is 24.4 Å². The van der Waals surface area contributed by atoms with Gasteiger partial charge in [-0.2, -0.15) is 0 Å². The van der Waals surface area contributed by atoms with Crippen LogP contribution < -0.4 is 5.56 Å². The van der Waals surface area contributed by atoms with E-state index in [1.165, 1.54) is 16.2 Å². The van der Waals surface area contributed by atoms with Crippen molar-refractivity contribution in [2.75, 3.05) is 7.05 Å². The summed E-state index contributed by atoms with van der Waals surface area (Å²) >= 11 is 1.35. The summed E-state index contributed by atoms with van der Waals surface area (Å²) < 4.78 is 6.33. The van der Waals surface area contributed by atoms with Crippen molar-refractivity contribution in [1.82, 2.24) is 19.9 Å². The molecule has 3 aromatic heterocycles. The van der Waals surface area contributed by atoms with Crippen LogP contribution in [-0.2, 0) is 17.8 Å². The van der Waals surface area contributed by atoms with Crippen LogP contribution >= 0.6 is 11.3 Å². The van der Waals surface area contributed by atoms with Gasteiger partial charge in [-0.15, -0.1) is 11.3 Å². The molecule has 1 aromatic carbocycles. The summed E-state index contributed by atoms with van der Waals surface area (Å²) in [4.78, 5) is 37.4. The SMILES string of the molecule is CN(Cc1nc2ccsc2c(=O)[nH]1)C(=O)CCc1ncc(-c2ccccc2)o1.